The molecule has 3 rings (SSSR count). The Hall–Kier alpha value is -2.38. The van der Waals surface area contributed by atoms with E-state index >= 15 is 0 Å². The first kappa shape index (κ1) is 19.4. The van der Waals surface area contributed by atoms with Crippen molar-refractivity contribution < 1.29 is 17.9 Å². The molecular formula is C20H24N2O4S. The lowest BCUT2D eigenvalue weighted by Gasteiger charge is -2.31. The third-order valence-electron chi connectivity index (χ3n) is 4.74. The van der Waals surface area contributed by atoms with E-state index < -0.39 is 10.0 Å². The molecule has 1 saturated heterocycles. The van der Waals surface area contributed by atoms with Gasteiger partial charge in [-0.25, -0.2) is 8.42 Å². The molecule has 144 valence electrons. The number of aryl methyl sites for hydroxylation is 1. The Balaban J connectivity index is 1.71. The van der Waals surface area contributed by atoms with Crippen LogP contribution in [0.1, 0.15) is 18.4 Å². The van der Waals surface area contributed by atoms with Crippen LogP contribution >= 0.6 is 0 Å². The Labute approximate surface area is 160 Å². The second kappa shape index (κ2) is 8.10. The summed E-state index contributed by atoms with van der Waals surface area (Å²) < 4.78 is 32.3. The predicted octanol–water partition coefficient (Wildman–Crippen LogP) is 3.04. The van der Waals surface area contributed by atoms with Crippen LogP contribution in [0.5, 0.6) is 5.75 Å². The molecule has 2 aromatic carbocycles. The van der Waals surface area contributed by atoms with Gasteiger partial charge in [-0.1, -0.05) is 12.1 Å². The molecule has 0 unspecified atom stereocenters. The van der Waals surface area contributed by atoms with Gasteiger partial charge in [-0.05, 0) is 61.7 Å². The monoisotopic (exact) mass is 388 g/mol. The molecule has 0 aromatic heterocycles. The van der Waals surface area contributed by atoms with Crippen LogP contribution in [0.25, 0.3) is 0 Å². The molecule has 1 aliphatic heterocycles. The first-order valence-electron chi connectivity index (χ1n) is 8.92. The molecule has 2 aromatic rings. The van der Waals surface area contributed by atoms with Crippen LogP contribution < -0.4 is 10.1 Å². The molecule has 0 radical (unpaired) electrons. The van der Waals surface area contributed by atoms with Crippen LogP contribution in [0.15, 0.2) is 53.4 Å². The first-order chi connectivity index (χ1) is 12.9. The largest absolute Gasteiger partial charge is 0.497 e. The van der Waals surface area contributed by atoms with Crippen LogP contribution in [0.4, 0.5) is 5.69 Å². The molecule has 1 aliphatic rings. The molecule has 0 bridgehead atoms. The van der Waals surface area contributed by atoms with Gasteiger partial charge in [0.25, 0.3) is 0 Å². The summed E-state index contributed by atoms with van der Waals surface area (Å²) in [5, 5.41) is 2.90. The van der Waals surface area contributed by atoms with E-state index in [1.54, 1.807) is 12.1 Å². The molecule has 0 aliphatic carbocycles. The van der Waals surface area contributed by atoms with Crippen molar-refractivity contribution in [1.29, 1.82) is 0 Å². The summed E-state index contributed by atoms with van der Waals surface area (Å²) in [6, 6.07) is 13.9. The normalized spacial score (nSPS) is 18.1. The molecule has 1 heterocycles. The van der Waals surface area contributed by atoms with E-state index in [0.29, 0.717) is 25.1 Å². The van der Waals surface area contributed by atoms with Crippen molar-refractivity contribution in [2.24, 2.45) is 5.92 Å². The van der Waals surface area contributed by atoms with Crippen molar-refractivity contribution in [2.75, 3.05) is 25.5 Å². The summed E-state index contributed by atoms with van der Waals surface area (Å²) in [7, 11) is -2.10. The van der Waals surface area contributed by atoms with Crippen LogP contribution in [0.3, 0.4) is 0 Å². The lowest BCUT2D eigenvalue weighted by atomic mass is 9.98. The predicted molar refractivity (Wildman–Crippen MR) is 104 cm³/mol. The van der Waals surface area contributed by atoms with Crippen molar-refractivity contribution in [3.05, 3.63) is 54.1 Å². The molecule has 1 amide bonds. The van der Waals surface area contributed by atoms with Crippen molar-refractivity contribution in [2.45, 2.75) is 24.7 Å². The molecule has 0 spiro atoms. The smallest absolute Gasteiger partial charge is 0.243 e. The highest BCUT2D eigenvalue weighted by Gasteiger charge is 2.33. The third kappa shape index (κ3) is 4.48. The van der Waals surface area contributed by atoms with Crippen molar-refractivity contribution in [3.8, 4) is 5.75 Å². The van der Waals surface area contributed by atoms with Crippen molar-refractivity contribution in [3.63, 3.8) is 0 Å². The molecular weight excluding hydrogens is 364 g/mol. The van der Waals surface area contributed by atoms with E-state index in [1.165, 1.54) is 23.5 Å². The average molecular weight is 388 g/mol. The molecule has 1 atom stereocenters. The van der Waals surface area contributed by atoms with Gasteiger partial charge in [0.15, 0.2) is 0 Å². The van der Waals surface area contributed by atoms with Crippen LogP contribution in [-0.2, 0) is 14.8 Å². The highest BCUT2D eigenvalue weighted by Crippen LogP contribution is 2.26. The minimum atomic E-state index is -3.64. The number of ether oxygens (including phenoxy) is 1. The second-order valence-electron chi connectivity index (χ2n) is 6.74. The molecule has 7 heteroatoms. The number of nitrogens with one attached hydrogen (secondary N) is 1. The van der Waals surface area contributed by atoms with Gasteiger partial charge >= 0.3 is 0 Å². The maximum absolute atomic E-state index is 12.9. The Morgan fingerprint density at radius 3 is 2.59 bits per heavy atom. The highest BCUT2D eigenvalue weighted by atomic mass is 32.2. The van der Waals surface area contributed by atoms with E-state index in [1.807, 2.05) is 31.2 Å². The maximum atomic E-state index is 12.9. The van der Waals surface area contributed by atoms with Crippen molar-refractivity contribution in [1.82, 2.24) is 4.31 Å². The summed E-state index contributed by atoms with van der Waals surface area (Å²) in [5.41, 5.74) is 1.79. The number of methoxy groups -OCH3 is 1. The number of sulfonamides is 1. The zero-order valence-corrected chi connectivity index (χ0v) is 16.3. The number of carbonyl (C=O) groups is 1. The Bertz CT molecular complexity index is 910. The number of carbonyl (C=O) groups excluding carboxylic acids is 1. The van der Waals surface area contributed by atoms with E-state index in [4.69, 9.17) is 4.74 Å². The molecule has 0 saturated carbocycles. The number of anilines is 1. The minimum Gasteiger partial charge on any atom is -0.497 e. The minimum absolute atomic E-state index is 0.143. The lowest BCUT2D eigenvalue weighted by molar-refractivity contribution is -0.120. The zero-order chi connectivity index (χ0) is 19.4. The quantitative estimate of drug-likeness (QED) is 0.854. The van der Waals surface area contributed by atoms with Gasteiger partial charge in [0.1, 0.15) is 5.75 Å². The van der Waals surface area contributed by atoms with Gasteiger partial charge in [0.05, 0.1) is 17.9 Å². The van der Waals surface area contributed by atoms with Gasteiger partial charge in [-0.15, -0.1) is 0 Å². The average Bonchev–Trinajstić information content (AvgIpc) is 2.68. The van der Waals surface area contributed by atoms with E-state index in [0.717, 1.165) is 11.3 Å². The van der Waals surface area contributed by atoms with E-state index in [-0.39, 0.29) is 23.3 Å². The summed E-state index contributed by atoms with van der Waals surface area (Å²) in [6.07, 6.45) is 1.33. The fraction of sp³-hybridized carbons (Fsp3) is 0.350. The van der Waals surface area contributed by atoms with Crippen LogP contribution in [0.2, 0.25) is 0 Å². The Morgan fingerprint density at radius 1 is 1.19 bits per heavy atom. The topological polar surface area (TPSA) is 75.7 Å². The number of nitrogens with zero attached hydrogens (tertiary/aromatic N) is 1. The van der Waals surface area contributed by atoms with E-state index in [9.17, 15) is 13.2 Å². The SMILES string of the molecule is COc1ccc(S(=O)(=O)N2CCC[C@@H](C(=O)Nc3cccc(C)c3)C2)cc1. The van der Waals surface area contributed by atoms with Gasteiger partial charge in [-0.3, -0.25) is 4.79 Å². The number of rotatable bonds is 5. The van der Waals surface area contributed by atoms with Gasteiger partial charge < -0.3 is 10.1 Å². The van der Waals surface area contributed by atoms with Crippen molar-refractivity contribution >= 4 is 21.6 Å². The lowest BCUT2D eigenvalue weighted by Crippen LogP contribution is -2.43. The van der Waals surface area contributed by atoms with Gasteiger partial charge in [-0.2, -0.15) is 4.31 Å². The van der Waals surface area contributed by atoms with Crippen LogP contribution in [-0.4, -0.2) is 38.8 Å². The number of piperidine rings is 1. The van der Waals surface area contributed by atoms with Crippen LogP contribution in [0, 0.1) is 12.8 Å². The van der Waals surface area contributed by atoms with Gasteiger partial charge in [0.2, 0.25) is 15.9 Å². The zero-order valence-electron chi connectivity index (χ0n) is 15.5. The number of hydrogen-bond donors (Lipinski definition) is 1. The standard InChI is InChI=1S/C20H24N2O4S/c1-15-5-3-7-17(13-15)21-20(23)16-6-4-12-22(14-16)27(24,25)19-10-8-18(26-2)9-11-19/h3,5,7-11,13,16H,4,6,12,14H2,1-2H3,(H,21,23)/t16-/m1/s1. The summed E-state index contributed by atoms with van der Waals surface area (Å²) in [6.45, 7) is 2.56. The fourth-order valence-electron chi connectivity index (χ4n) is 3.24. The third-order valence-corrected chi connectivity index (χ3v) is 6.62. The number of amides is 1. The highest BCUT2D eigenvalue weighted by molar-refractivity contribution is 7.89. The molecule has 1 N–H and O–H groups in total. The summed E-state index contributed by atoms with van der Waals surface area (Å²) in [5.74, 6) is 0.0884. The summed E-state index contributed by atoms with van der Waals surface area (Å²) in [4.78, 5) is 12.8. The second-order valence-corrected chi connectivity index (χ2v) is 8.67. The molecule has 27 heavy (non-hydrogen) atoms. The summed E-state index contributed by atoms with van der Waals surface area (Å²) >= 11 is 0. The number of benzene rings is 2. The number of hydrogen-bond acceptors (Lipinski definition) is 4. The molecule has 6 nitrogen and oxygen atoms in total. The first-order valence-corrected chi connectivity index (χ1v) is 10.4. The molecule has 1 fully saturated rings. The Morgan fingerprint density at radius 2 is 1.93 bits per heavy atom. The Kier molecular flexibility index (Phi) is 5.82. The van der Waals surface area contributed by atoms with Gasteiger partial charge in [0, 0.05) is 18.8 Å². The fourth-order valence-corrected chi connectivity index (χ4v) is 4.76. The maximum Gasteiger partial charge on any atom is 0.243 e. The van der Waals surface area contributed by atoms with E-state index in [2.05, 4.69) is 5.32 Å².